The van der Waals surface area contributed by atoms with Crippen LogP contribution in [0.3, 0.4) is 0 Å². The van der Waals surface area contributed by atoms with E-state index in [0.717, 1.165) is 16.5 Å². The van der Waals surface area contributed by atoms with Gasteiger partial charge in [-0.25, -0.2) is 0 Å². The quantitative estimate of drug-likeness (QED) is 0.515. The number of benzene rings is 2. The van der Waals surface area contributed by atoms with Crippen molar-refractivity contribution in [3.05, 3.63) is 66.1 Å². The molecule has 0 fully saturated rings. The summed E-state index contributed by atoms with van der Waals surface area (Å²) >= 11 is 0. The standard InChI is InChI=1S/C19H16N4O3/c1-13(24)25-12-17-20-21-19(26-17)18-15-9-5-6-10-16(15)23(22-18)11-14-7-3-2-4-8-14/h2-10H,11-12H2,1H3. The fourth-order valence-corrected chi connectivity index (χ4v) is 2.73. The van der Waals surface area contributed by atoms with E-state index in [1.54, 1.807) is 0 Å². The van der Waals surface area contributed by atoms with Crippen LogP contribution in [0.25, 0.3) is 22.5 Å². The Labute approximate surface area is 149 Å². The molecule has 0 atom stereocenters. The van der Waals surface area contributed by atoms with Gasteiger partial charge in [0.05, 0.1) is 12.1 Å². The van der Waals surface area contributed by atoms with Gasteiger partial charge in [0.25, 0.3) is 11.8 Å². The minimum absolute atomic E-state index is 0.0506. The van der Waals surface area contributed by atoms with Crippen molar-refractivity contribution in [2.24, 2.45) is 0 Å². The second-order valence-corrected chi connectivity index (χ2v) is 5.79. The highest BCUT2D eigenvalue weighted by molar-refractivity contribution is 5.91. The first-order valence-electron chi connectivity index (χ1n) is 8.16. The summed E-state index contributed by atoms with van der Waals surface area (Å²) in [6.07, 6.45) is 0. The predicted molar refractivity (Wildman–Crippen MR) is 94.0 cm³/mol. The summed E-state index contributed by atoms with van der Waals surface area (Å²) in [6.45, 7) is 1.91. The Morgan fingerprint density at radius 1 is 1.08 bits per heavy atom. The first-order valence-corrected chi connectivity index (χ1v) is 8.16. The monoisotopic (exact) mass is 348 g/mol. The number of hydrogen-bond donors (Lipinski definition) is 0. The first kappa shape index (κ1) is 16.0. The molecule has 4 rings (SSSR count). The summed E-state index contributed by atoms with van der Waals surface area (Å²) in [7, 11) is 0. The van der Waals surface area contributed by atoms with E-state index in [-0.39, 0.29) is 12.5 Å². The maximum Gasteiger partial charge on any atom is 0.303 e. The van der Waals surface area contributed by atoms with E-state index in [4.69, 9.17) is 9.15 Å². The van der Waals surface area contributed by atoms with Gasteiger partial charge in [0.1, 0.15) is 0 Å². The Morgan fingerprint density at radius 2 is 1.85 bits per heavy atom. The van der Waals surface area contributed by atoms with Crippen molar-refractivity contribution in [2.75, 3.05) is 0 Å². The number of esters is 1. The zero-order valence-electron chi connectivity index (χ0n) is 14.1. The van der Waals surface area contributed by atoms with E-state index in [0.29, 0.717) is 18.1 Å². The minimum atomic E-state index is -0.401. The third kappa shape index (κ3) is 3.19. The number of ether oxygens (including phenoxy) is 1. The van der Waals surface area contributed by atoms with Crippen molar-refractivity contribution in [2.45, 2.75) is 20.1 Å². The molecule has 7 heteroatoms. The second-order valence-electron chi connectivity index (χ2n) is 5.79. The molecule has 0 spiro atoms. The number of nitrogens with zero attached hydrogens (tertiary/aromatic N) is 4. The molecule has 0 aliphatic rings. The average molecular weight is 348 g/mol. The molecule has 2 heterocycles. The maximum atomic E-state index is 10.9. The largest absolute Gasteiger partial charge is 0.456 e. The molecule has 26 heavy (non-hydrogen) atoms. The van der Waals surface area contributed by atoms with Gasteiger partial charge in [-0.2, -0.15) is 5.10 Å². The van der Waals surface area contributed by atoms with Gasteiger partial charge in [-0.3, -0.25) is 9.48 Å². The lowest BCUT2D eigenvalue weighted by molar-refractivity contribution is -0.142. The lowest BCUT2D eigenvalue weighted by atomic mass is 10.2. The van der Waals surface area contributed by atoms with Gasteiger partial charge >= 0.3 is 5.97 Å². The molecule has 130 valence electrons. The summed E-state index contributed by atoms with van der Waals surface area (Å²) in [4.78, 5) is 10.9. The third-order valence-corrected chi connectivity index (χ3v) is 3.90. The number of hydrogen-bond acceptors (Lipinski definition) is 6. The van der Waals surface area contributed by atoms with E-state index in [9.17, 15) is 4.79 Å². The van der Waals surface area contributed by atoms with Crippen LogP contribution in [0.15, 0.2) is 59.0 Å². The zero-order valence-corrected chi connectivity index (χ0v) is 14.1. The smallest absolute Gasteiger partial charge is 0.303 e. The highest BCUT2D eigenvalue weighted by Crippen LogP contribution is 2.27. The van der Waals surface area contributed by atoms with Gasteiger partial charge < -0.3 is 9.15 Å². The summed E-state index contributed by atoms with van der Waals surface area (Å²) in [5, 5.41) is 13.6. The molecule has 0 saturated carbocycles. The number of fused-ring (bicyclic) bond motifs is 1. The summed E-state index contributed by atoms with van der Waals surface area (Å²) in [6, 6.07) is 18.0. The van der Waals surface area contributed by atoms with Gasteiger partial charge in [-0.05, 0) is 11.6 Å². The van der Waals surface area contributed by atoms with Crippen molar-refractivity contribution < 1.29 is 13.9 Å². The normalized spacial score (nSPS) is 11.0. The molecule has 0 unspecified atom stereocenters. The summed E-state index contributed by atoms with van der Waals surface area (Å²) < 4.78 is 12.4. The first-order chi connectivity index (χ1) is 12.7. The van der Waals surface area contributed by atoms with Crippen LogP contribution in [-0.4, -0.2) is 25.9 Å². The van der Waals surface area contributed by atoms with Crippen LogP contribution in [0.5, 0.6) is 0 Å². The van der Waals surface area contributed by atoms with Gasteiger partial charge in [0, 0.05) is 12.3 Å². The highest BCUT2D eigenvalue weighted by atomic mass is 16.5. The van der Waals surface area contributed by atoms with Gasteiger partial charge in [0.15, 0.2) is 12.3 Å². The molecule has 0 radical (unpaired) electrons. The molecule has 2 aromatic carbocycles. The van der Waals surface area contributed by atoms with Crippen LogP contribution in [0.1, 0.15) is 18.4 Å². The summed E-state index contributed by atoms with van der Waals surface area (Å²) in [5.41, 5.74) is 2.73. The Bertz CT molecular complexity index is 1050. The van der Waals surface area contributed by atoms with Crippen molar-refractivity contribution >= 4 is 16.9 Å². The molecule has 0 saturated heterocycles. The van der Waals surface area contributed by atoms with E-state index in [2.05, 4.69) is 27.4 Å². The Morgan fingerprint density at radius 3 is 2.65 bits per heavy atom. The minimum Gasteiger partial charge on any atom is -0.456 e. The number of carbonyl (C=O) groups is 1. The molecule has 0 aliphatic heterocycles. The van der Waals surface area contributed by atoms with Crippen LogP contribution < -0.4 is 0 Å². The van der Waals surface area contributed by atoms with Crippen LogP contribution in [-0.2, 0) is 22.7 Å². The van der Waals surface area contributed by atoms with Gasteiger partial charge in [-0.15, -0.1) is 10.2 Å². The lowest BCUT2D eigenvalue weighted by Gasteiger charge is -2.03. The van der Waals surface area contributed by atoms with Crippen molar-refractivity contribution in [3.63, 3.8) is 0 Å². The molecule has 0 aliphatic carbocycles. The molecule has 0 amide bonds. The van der Waals surface area contributed by atoms with Crippen molar-refractivity contribution in [1.29, 1.82) is 0 Å². The van der Waals surface area contributed by atoms with E-state index in [1.807, 2.05) is 47.1 Å². The number of para-hydroxylation sites is 1. The molecule has 7 nitrogen and oxygen atoms in total. The van der Waals surface area contributed by atoms with Crippen LogP contribution in [0, 0.1) is 0 Å². The SMILES string of the molecule is CC(=O)OCc1nnc(-c2nn(Cc3ccccc3)c3ccccc23)o1. The third-order valence-electron chi connectivity index (χ3n) is 3.90. The van der Waals surface area contributed by atoms with Crippen molar-refractivity contribution in [3.8, 4) is 11.6 Å². The number of aromatic nitrogens is 4. The molecular weight excluding hydrogens is 332 g/mol. The predicted octanol–water partition coefficient (Wildman–Crippen LogP) is 3.20. The Hall–Kier alpha value is -3.48. The highest BCUT2D eigenvalue weighted by Gasteiger charge is 2.18. The second kappa shape index (κ2) is 6.79. The molecule has 2 aromatic heterocycles. The van der Waals surface area contributed by atoms with E-state index in [1.165, 1.54) is 6.92 Å². The fraction of sp³-hybridized carbons (Fsp3) is 0.158. The Balaban J connectivity index is 1.71. The lowest BCUT2D eigenvalue weighted by Crippen LogP contribution is -2.01. The van der Waals surface area contributed by atoms with E-state index < -0.39 is 5.97 Å². The van der Waals surface area contributed by atoms with E-state index >= 15 is 0 Å². The van der Waals surface area contributed by atoms with Crippen LogP contribution in [0.4, 0.5) is 0 Å². The fourth-order valence-electron chi connectivity index (χ4n) is 2.73. The number of rotatable bonds is 5. The van der Waals surface area contributed by atoms with Gasteiger partial charge in [-0.1, -0.05) is 48.5 Å². The zero-order chi connectivity index (χ0) is 17.9. The summed E-state index contributed by atoms with van der Waals surface area (Å²) in [5.74, 6) is 0.134. The van der Waals surface area contributed by atoms with Gasteiger partial charge in [0.2, 0.25) is 0 Å². The maximum absolute atomic E-state index is 10.9. The molecule has 4 aromatic rings. The average Bonchev–Trinajstić information content (AvgIpc) is 3.26. The molecule has 0 bridgehead atoms. The van der Waals surface area contributed by atoms with Crippen LogP contribution in [0.2, 0.25) is 0 Å². The topological polar surface area (TPSA) is 83.0 Å². The molecule has 0 N–H and O–H groups in total. The molecular formula is C19H16N4O3. The van der Waals surface area contributed by atoms with Crippen molar-refractivity contribution in [1.82, 2.24) is 20.0 Å². The number of carbonyl (C=O) groups excluding carboxylic acids is 1. The van der Waals surface area contributed by atoms with Crippen LogP contribution >= 0.6 is 0 Å². The Kier molecular flexibility index (Phi) is 4.18.